The van der Waals surface area contributed by atoms with Crippen molar-refractivity contribution in [1.82, 2.24) is 0 Å². The number of halogens is 3. The quantitative estimate of drug-likeness (QED) is 0.330. The topological polar surface area (TPSA) is 35.2 Å². The molecule has 88 valence electrons. The minimum atomic E-state index is 0.551. The summed E-state index contributed by atoms with van der Waals surface area (Å²) in [5, 5.41) is 0. The lowest BCUT2D eigenvalue weighted by Gasteiger charge is -2.10. The van der Waals surface area contributed by atoms with Crippen molar-refractivity contribution >= 4 is 85.0 Å². The van der Waals surface area contributed by atoms with Gasteiger partial charge in [0, 0.05) is 9.99 Å². The van der Waals surface area contributed by atoms with Crippen molar-refractivity contribution in [3.63, 3.8) is 0 Å². The average Bonchev–Trinajstić information content (AvgIpc) is 2.14. The number of ether oxygens (including phenoxy) is 1. The van der Waals surface area contributed by atoms with Gasteiger partial charge in [0.15, 0.2) is 0 Å². The van der Waals surface area contributed by atoms with Gasteiger partial charge in [0.25, 0.3) is 0 Å². The van der Waals surface area contributed by atoms with E-state index in [4.69, 9.17) is 22.7 Å². The van der Waals surface area contributed by atoms with Gasteiger partial charge in [-0.3, -0.25) is 0 Å². The van der Waals surface area contributed by atoms with Crippen molar-refractivity contribution in [2.45, 2.75) is 12.8 Å². The van der Waals surface area contributed by atoms with Gasteiger partial charge in [-0.1, -0.05) is 12.2 Å². The zero-order chi connectivity index (χ0) is 12.1. The van der Waals surface area contributed by atoms with E-state index in [0.29, 0.717) is 11.6 Å². The second-order valence-electron chi connectivity index (χ2n) is 3.12. The Morgan fingerprint density at radius 1 is 1.25 bits per heavy atom. The van der Waals surface area contributed by atoms with Crippen molar-refractivity contribution in [2.24, 2.45) is 5.73 Å². The lowest BCUT2D eigenvalue weighted by atomic mass is 10.3. The molecule has 0 saturated heterocycles. The smallest absolute Gasteiger partial charge is 0.145 e. The summed E-state index contributed by atoms with van der Waals surface area (Å²) < 4.78 is 9.25. The van der Waals surface area contributed by atoms with Crippen LogP contribution in [0.1, 0.15) is 12.8 Å². The molecule has 0 aliphatic heterocycles. The van der Waals surface area contributed by atoms with Crippen molar-refractivity contribution in [3.8, 4) is 5.75 Å². The molecule has 0 heterocycles. The molecule has 0 radical (unpaired) electrons. The molecule has 0 bridgehead atoms. The maximum Gasteiger partial charge on any atom is 0.145 e. The number of benzene rings is 1. The predicted octanol–water partition coefficient (Wildman–Crippen LogP) is 3.95. The van der Waals surface area contributed by atoms with Crippen molar-refractivity contribution in [3.05, 3.63) is 22.8 Å². The Hall–Kier alpha value is 1.10. The van der Waals surface area contributed by atoms with Crippen LogP contribution in [0, 0.1) is 10.7 Å². The van der Waals surface area contributed by atoms with Crippen LogP contribution in [0.15, 0.2) is 12.1 Å². The fourth-order valence-electron chi connectivity index (χ4n) is 1.09. The molecule has 2 N–H and O–H groups in total. The Morgan fingerprint density at radius 2 is 1.81 bits per heavy atom. The Labute approximate surface area is 141 Å². The second kappa shape index (κ2) is 7.52. The minimum Gasteiger partial charge on any atom is -0.491 e. The van der Waals surface area contributed by atoms with E-state index in [-0.39, 0.29) is 0 Å². The Bertz CT molecular complexity index is 375. The minimum absolute atomic E-state index is 0.551. The van der Waals surface area contributed by atoms with E-state index in [0.717, 1.165) is 25.7 Å². The molecule has 2 nitrogen and oxygen atoms in total. The largest absolute Gasteiger partial charge is 0.491 e. The maximum atomic E-state index is 5.74. The highest BCUT2D eigenvalue weighted by molar-refractivity contribution is 14.1. The molecule has 0 aliphatic carbocycles. The van der Waals surface area contributed by atoms with Crippen LogP contribution in [0.5, 0.6) is 5.75 Å². The number of hydrogen-bond acceptors (Lipinski definition) is 2. The molecule has 1 aromatic carbocycles. The number of nitrogens with two attached hydrogens (primary N) is 1. The summed E-state index contributed by atoms with van der Waals surface area (Å²) in [7, 11) is 0. The summed E-state index contributed by atoms with van der Waals surface area (Å²) in [6.07, 6.45) is 1.61. The molecule has 0 fully saturated rings. The summed E-state index contributed by atoms with van der Waals surface area (Å²) >= 11 is 11.7. The molecule has 0 saturated carbocycles. The Balaban J connectivity index is 2.57. The SMILES string of the molecule is NC(=S)CCCOc1c(I)cc(I)cc1I. The van der Waals surface area contributed by atoms with Gasteiger partial charge >= 0.3 is 0 Å². The number of hydrogen-bond donors (Lipinski definition) is 1. The van der Waals surface area contributed by atoms with Crippen molar-refractivity contribution in [2.75, 3.05) is 6.61 Å². The van der Waals surface area contributed by atoms with Gasteiger partial charge < -0.3 is 10.5 Å². The highest BCUT2D eigenvalue weighted by Gasteiger charge is 2.07. The van der Waals surface area contributed by atoms with Crippen LogP contribution in [-0.4, -0.2) is 11.6 Å². The first kappa shape index (κ1) is 15.2. The third kappa shape index (κ3) is 5.17. The highest BCUT2D eigenvalue weighted by Crippen LogP contribution is 2.29. The van der Waals surface area contributed by atoms with Crippen LogP contribution in [0.4, 0.5) is 0 Å². The standard InChI is InChI=1S/C10H10I3NOS/c11-6-4-7(12)10(8(13)5-6)15-3-1-2-9(14)16/h4-5H,1-3H2,(H2,14,16). The molecular weight excluding hydrogens is 563 g/mol. The zero-order valence-electron chi connectivity index (χ0n) is 8.30. The summed E-state index contributed by atoms with van der Waals surface area (Å²) in [6.45, 7) is 0.657. The van der Waals surface area contributed by atoms with Crippen molar-refractivity contribution in [1.29, 1.82) is 0 Å². The normalized spacial score (nSPS) is 10.2. The third-order valence-corrected chi connectivity index (χ3v) is 4.21. The van der Waals surface area contributed by atoms with Gasteiger partial charge in [-0.2, -0.15) is 0 Å². The van der Waals surface area contributed by atoms with Crippen LogP contribution in [0.25, 0.3) is 0 Å². The highest BCUT2D eigenvalue weighted by atomic mass is 127. The molecule has 1 aromatic rings. The van der Waals surface area contributed by atoms with E-state index >= 15 is 0 Å². The molecule has 16 heavy (non-hydrogen) atoms. The van der Waals surface area contributed by atoms with Gasteiger partial charge in [0.05, 0.1) is 18.7 Å². The number of rotatable bonds is 5. The summed E-state index contributed by atoms with van der Waals surface area (Å²) in [5.41, 5.74) is 5.42. The lowest BCUT2D eigenvalue weighted by molar-refractivity contribution is 0.309. The summed E-state index contributed by atoms with van der Waals surface area (Å²) in [5.74, 6) is 0.963. The zero-order valence-corrected chi connectivity index (χ0v) is 15.6. The molecule has 0 unspecified atom stereocenters. The van der Waals surface area contributed by atoms with E-state index in [1.54, 1.807) is 0 Å². The van der Waals surface area contributed by atoms with Gasteiger partial charge in [-0.05, 0) is 86.3 Å². The van der Waals surface area contributed by atoms with Gasteiger partial charge in [-0.15, -0.1) is 0 Å². The monoisotopic (exact) mass is 573 g/mol. The predicted molar refractivity (Wildman–Crippen MR) is 96.1 cm³/mol. The fourth-order valence-corrected chi connectivity index (χ4v) is 5.13. The fraction of sp³-hybridized carbons (Fsp3) is 0.300. The van der Waals surface area contributed by atoms with Gasteiger partial charge in [-0.25, -0.2) is 0 Å². The molecule has 0 aromatic heterocycles. The molecule has 0 atom stereocenters. The van der Waals surface area contributed by atoms with E-state index < -0.39 is 0 Å². The summed E-state index contributed by atoms with van der Waals surface area (Å²) in [6, 6.07) is 4.21. The first-order chi connectivity index (χ1) is 7.50. The lowest BCUT2D eigenvalue weighted by Crippen LogP contribution is -2.10. The van der Waals surface area contributed by atoms with Crippen LogP contribution >= 0.6 is 80.0 Å². The maximum absolute atomic E-state index is 5.74. The third-order valence-electron chi connectivity index (χ3n) is 1.78. The van der Waals surface area contributed by atoms with Gasteiger partial charge in [0.2, 0.25) is 0 Å². The van der Waals surface area contributed by atoms with Crippen LogP contribution in [0.3, 0.4) is 0 Å². The van der Waals surface area contributed by atoms with E-state index in [1.807, 2.05) is 0 Å². The summed E-state index contributed by atoms with van der Waals surface area (Å²) in [4.78, 5) is 0.551. The van der Waals surface area contributed by atoms with E-state index in [2.05, 4.69) is 79.9 Å². The van der Waals surface area contributed by atoms with E-state index in [9.17, 15) is 0 Å². The molecule has 0 aliphatic rings. The molecule has 0 spiro atoms. The van der Waals surface area contributed by atoms with Crippen LogP contribution < -0.4 is 10.5 Å². The Morgan fingerprint density at radius 3 is 2.31 bits per heavy atom. The first-order valence-corrected chi connectivity index (χ1v) is 8.21. The van der Waals surface area contributed by atoms with Crippen LogP contribution in [0.2, 0.25) is 0 Å². The molecular formula is C10H10I3NOS. The van der Waals surface area contributed by atoms with Gasteiger partial charge in [0.1, 0.15) is 5.75 Å². The first-order valence-electron chi connectivity index (χ1n) is 4.56. The molecule has 6 heteroatoms. The Kier molecular flexibility index (Phi) is 7.12. The molecule has 0 amide bonds. The van der Waals surface area contributed by atoms with Crippen molar-refractivity contribution < 1.29 is 4.74 Å². The second-order valence-corrected chi connectivity index (χ2v) is 7.21. The number of thiocarbonyl (C=S) groups is 1. The average molecular weight is 573 g/mol. The molecule has 1 rings (SSSR count). The van der Waals surface area contributed by atoms with E-state index in [1.165, 1.54) is 3.57 Å². The van der Waals surface area contributed by atoms with Crippen LogP contribution in [-0.2, 0) is 0 Å².